The quantitative estimate of drug-likeness (QED) is 0.857. The summed E-state index contributed by atoms with van der Waals surface area (Å²) >= 11 is 1.06. The van der Waals surface area contributed by atoms with Crippen LogP contribution in [-0.2, 0) is 14.8 Å². The highest BCUT2D eigenvalue weighted by Crippen LogP contribution is 2.24. The van der Waals surface area contributed by atoms with E-state index < -0.39 is 15.9 Å². The number of benzene rings is 1. The van der Waals surface area contributed by atoms with Gasteiger partial charge in [0.15, 0.2) is 0 Å². The van der Waals surface area contributed by atoms with Crippen LogP contribution in [0.15, 0.2) is 40.6 Å². The predicted molar refractivity (Wildman–Crippen MR) is 90.0 cm³/mol. The van der Waals surface area contributed by atoms with Gasteiger partial charge in [0, 0.05) is 30.2 Å². The number of phenols is 1. The Balaban J connectivity index is 1.76. The van der Waals surface area contributed by atoms with Gasteiger partial charge in [-0.1, -0.05) is 6.07 Å². The van der Waals surface area contributed by atoms with Gasteiger partial charge < -0.3 is 15.2 Å². The first kappa shape index (κ1) is 16.9. The summed E-state index contributed by atoms with van der Waals surface area (Å²) in [4.78, 5) is 12.6. The second-order valence-corrected chi connectivity index (χ2v) is 8.02. The number of nitrogens with one attached hydrogen (secondary N) is 1. The van der Waals surface area contributed by atoms with Gasteiger partial charge in [-0.25, -0.2) is 8.42 Å². The number of phenolic OH excluding ortho intramolecular Hbond substituents is 1. The summed E-state index contributed by atoms with van der Waals surface area (Å²) in [6.45, 7) is 1.36. The van der Waals surface area contributed by atoms with Gasteiger partial charge in [0.05, 0.1) is 23.0 Å². The lowest BCUT2D eigenvalue weighted by molar-refractivity contribution is 0.0730. The van der Waals surface area contributed by atoms with Crippen LogP contribution in [0.1, 0.15) is 9.67 Å². The summed E-state index contributed by atoms with van der Waals surface area (Å²) in [5.41, 5.74) is 0.436. The standard InChI is InChI=1S/C15H16N2O5S2/c18-12-3-1-2-11(8-12)16-15(19)14-9-13(10-23-14)24(20,21)17-4-6-22-7-5-17/h1-3,8-10,18H,4-7H2,(H,16,19). The SMILES string of the molecule is O=C(Nc1cccc(O)c1)c1cc(S(=O)(=O)N2CCOCC2)cs1. The second-order valence-electron chi connectivity index (χ2n) is 5.17. The smallest absolute Gasteiger partial charge is 0.265 e. The fourth-order valence-corrected chi connectivity index (χ4v) is 4.85. The molecule has 1 aliphatic heterocycles. The van der Waals surface area contributed by atoms with Crippen molar-refractivity contribution >= 4 is 33.0 Å². The maximum atomic E-state index is 12.5. The molecule has 0 atom stereocenters. The molecule has 0 bridgehead atoms. The van der Waals surface area contributed by atoms with Crippen molar-refractivity contribution in [2.24, 2.45) is 0 Å². The number of anilines is 1. The minimum Gasteiger partial charge on any atom is -0.508 e. The molecule has 0 spiro atoms. The van der Waals surface area contributed by atoms with E-state index in [2.05, 4.69) is 5.32 Å². The topological polar surface area (TPSA) is 95.9 Å². The van der Waals surface area contributed by atoms with Gasteiger partial charge >= 0.3 is 0 Å². The summed E-state index contributed by atoms with van der Waals surface area (Å²) in [7, 11) is -3.61. The molecule has 1 saturated heterocycles. The van der Waals surface area contributed by atoms with Gasteiger partial charge in [0.2, 0.25) is 10.0 Å². The third-order valence-corrected chi connectivity index (χ3v) is 6.47. The fraction of sp³-hybridized carbons (Fsp3) is 0.267. The van der Waals surface area contributed by atoms with Gasteiger partial charge in [-0.3, -0.25) is 4.79 Å². The maximum Gasteiger partial charge on any atom is 0.265 e. The molecule has 9 heteroatoms. The number of ether oxygens (including phenoxy) is 1. The number of aromatic hydroxyl groups is 1. The Morgan fingerprint density at radius 1 is 1.25 bits per heavy atom. The molecule has 1 fully saturated rings. The maximum absolute atomic E-state index is 12.5. The number of thiophene rings is 1. The van der Waals surface area contributed by atoms with E-state index in [4.69, 9.17) is 4.74 Å². The molecule has 1 aromatic heterocycles. The van der Waals surface area contributed by atoms with Gasteiger partial charge in [0.1, 0.15) is 5.75 Å². The highest BCUT2D eigenvalue weighted by Gasteiger charge is 2.28. The highest BCUT2D eigenvalue weighted by molar-refractivity contribution is 7.89. The number of carbonyl (C=O) groups excluding carboxylic acids is 1. The van der Waals surface area contributed by atoms with Crippen LogP contribution in [0.5, 0.6) is 5.75 Å². The van der Waals surface area contributed by atoms with E-state index in [0.29, 0.717) is 32.0 Å². The molecule has 2 N–H and O–H groups in total. The third-order valence-electron chi connectivity index (χ3n) is 3.51. The summed E-state index contributed by atoms with van der Waals surface area (Å²) in [5.74, 6) is -0.386. The molecule has 1 amide bonds. The van der Waals surface area contributed by atoms with Gasteiger partial charge in [-0.05, 0) is 18.2 Å². The van der Waals surface area contributed by atoms with E-state index in [9.17, 15) is 18.3 Å². The number of rotatable bonds is 4. The van der Waals surface area contributed by atoms with Crippen LogP contribution in [0, 0.1) is 0 Å². The van der Waals surface area contributed by atoms with Gasteiger partial charge in [0.25, 0.3) is 5.91 Å². The van der Waals surface area contributed by atoms with Gasteiger partial charge in [-0.2, -0.15) is 4.31 Å². The minimum atomic E-state index is -3.61. The first-order chi connectivity index (χ1) is 11.5. The summed E-state index contributed by atoms with van der Waals surface area (Å²) < 4.78 is 31.6. The van der Waals surface area contributed by atoms with Crippen LogP contribution in [-0.4, -0.2) is 50.0 Å². The number of hydrogen-bond donors (Lipinski definition) is 2. The minimum absolute atomic E-state index is 0.0366. The van der Waals surface area contributed by atoms with Crippen molar-refractivity contribution in [3.8, 4) is 5.75 Å². The molecule has 0 aliphatic carbocycles. The van der Waals surface area contributed by atoms with E-state index in [-0.39, 0.29) is 15.5 Å². The van der Waals surface area contributed by atoms with E-state index in [1.54, 1.807) is 12.1 Å². The van der Waals surface area contributed by atoms with Crippen molar-refractivity contribution in [1.29, 1.82) is 0 Å². The zero-order valence-electron chi connectivity index (χ0n) is 12.6. The Morgan fingerprint density at radius 2 is 2.00 bits per heavy atom. The van der Waals surface area contributed by atoms with E-state index in [1.807, 2.05) is 0 Å². The first-order valence-corrected chi connectivity index (χ1v) is 9.55. The zero-order chi connectivity index (χ0) is 17.2. The molecule has 0 saturated carbocycles. The lowest BCUT2D eigenvalue weighted by atomic mass is 10.3. The molecule has 1 aromatic carbocycles. The lowest BCUT2D eigenvalue weighted by Gasteiger charge is -2.25. The Kier molecular flexibility index (Phi) is 4.86. The monoisotopic (exact) mass is 368 g/mol. The van der Waals surface area contributed by atoms with Crippen LogP contribution < -0.4 is 5.32 Å². The molecule has 0 radical (unpaired) electrons. The van der Waals surface area contributed by atoms with Crippen molar-refractivity contribution in [3.05, 3.63) is 40.6 Å². The molecule has 2 aromatic rings. The van der Waals surface area contributed by atoms with Crippen LogP contribution in [0.2, 0.25) is 0 Å². The third kappa shape index (κ3) is 3.59. The van der Waals surface area contributed by atoms with Crippen molar-refractivity contribution in [2.75, 3.05) is 31.6 Å². The van der Waals surface area contributed by atoms with E-state index in [0.717, 1.165) is 11.3 Å². The summed E-state index contributed by atoms with van der Waals surface area (Å²) in [5, 5.41) is 13.5. The van der Waals surface area contributed by atoms with Crippen LogP contribution in [0.3, 0.4) is 0 Å². The summed E-state index contributed by atoms with van der Waals surface area (Å²) in [6, 6.07) is 7.52. The largest absolute Gasteiger partial charge is 0.508 e. The van der Waals surface area contributed by atoms with Crippen molar-refractivity contribution in [1.82, 2.24) is 4.31 Å². The zero-order valence-corrected chi connectivity index (χ0v) is 14.3. The molecule has 3 rings (SSSR count). The van der Waals surface area contributed by atoms with E-state index >= 15 is 0 Å². The number of sulfonamides is 1. The molecular weight excluding hydrogens is 352 g/mol. The molecule has 1 aliphatic rings. The number of amides is 1. The number of morpholine rings is 1. The second kappa shape index (κ2) is 6.89. The van der Waals surface area contributed by atoms with E-state index in [1.165, 1.54) is 27.9 Å². The molecule has 0 unspecified atom stereocenters. The molecule has 24 heavy (non-hydrogen) atoms. The molecule has 2 heterocycles. The normalized spacial score (nSPS) is 16.0. The number of carbonyl (C=O) groups is 1. The Bertz CT molecular complexity index is 841. The molecular formula is C15H16N2O5S2. The Labute approximate surface area is 143 Å². The van der Waals surface area contributed by atoms with Crippen molar-refractivity contribution in [3.63, 3.8) is 0 Å². The highest BCUT2D eigenvalue weighted by atomic mass is 32.2. The van der Waals surface area contributed by atoms with Crippen LogP contribution in [0.4, 0.5) is 5.69 Å². The lowest BCUT2D eigenvalue weighted by Crippen LogP contribution is -2.40. The number of hydrogen-bond acceptors (Lipinski definition) is 6. The summed E-state index contributed by atoms with van der Waals surface area (Å²) in [6.07, 6.45) is 0. The van der Waals surface area contributed by atoms with Crippen molar-refractivity contribution in [2.45, 2.75) is 4.90 Å². The Hall–Kier alpha value is -1.94. The average Bonchev–Trinajstić information content (AvgIpc) is 3.07. The first-order valence-electron chi connectivity index (χ1n) is 7.23. The number of nitrogens with zero attached hydrogens (tertiary/aromatic N) is 1. The predicted octanol–water partition coefficient (Wildman–Crippen LogP) is 1.73. The Morgan fingerprint density at radius 3 is 2.71 bits per heavy atom. The molecule has 7 nitrogen and oxygen atoms in total. The van der Waals surface area contributed by atoms with Crippen LogP contribution in [0.25, 0.3) is 0 Å². The van der Waals surface area contributed by atoms with Crippen LogP contribution >= 0.6 is 11.3 Å². The fourth-order valence-electron chi connectivity index (χ4n) is 2.29. The van der Waals surface area contributed by atoms with Gasteiger partial charge in [-0.15, -0.1) is 11.3 Å². The van der Waals surface area contributed by atoms with Crippen molar-refractivity contribution < 1.29 is 23.1 Å². The average molecular weight is 368 g/mol. The molecule has 128 valence electrons.